The number of ether oxygens (including phenoxy) is 3. The number of hydrogen-bond donors (Lipinski definition) is 2. The molecule has 2 aliphatic heterocycles. The van der Waals surface area contributed by atoms with Crippen molar-refractivity contribution in [2.75, 3.05) is 26.9 Å². The molecule has 1 saturated heterocycles. The van der Waals surface area contributed by atoms with Crippen LogP contribution < -0.4 is 10.7 Å². The number of hydrogen-bond acceptors (Lipinski definition) is 11. The number of cyclic esters (lactones) is 1. The van der Waals surface area contributed by atoms with Gasteiger partial charge in [-0.1, -0.05) is 26.0 Å². The Morgan fingerprint density at radius 2 is 1.95 bits per heavy atom. The Bertz CT molecular complexity index is 2340. The van der Waals surface area contributed by atoms with Crippen LogP contribution in [-0.4, -0.2) is 81.3 Å². The maximum absolute atomic E-state index is 14.7. The fraction of sp³-hybridized carbons (Fsp3) is 0.467. The van der Waals surface area contributed by atoms with Gasteiger partial charge in [0, 0.05) is 89.6 Å². The molecular weight excluding hydrogens is 767 g/mol. The lowest BCUT2D eigenvalue weighted by atomic mass is 9.84. The van der Waals surface area contributed by atoms with Crippen molar-refractivity contribution < 1.29 is 28.6 Å². The molecule has 2 fully saturated rings. The van der Waals surface area contributed by atoms with Crippen LogP contribution in [0.3, 0.4) is 0 Å². The van der Waals surface area contributed by atoms with E-state index in [9.17, 15) is 14.4 Å². The van der Waals surface area contributed by atoms with Gasteiger partial charge < -0.3 is 24.1 Å². The van der Waals surface area contributed by atoms with Crippen molar-refractivity contribution in [2.24, 2.45) is 11.3 Å². The van der Waals surface area contributed by atoms with Crippen LogP contribution in [0.5, 0.6) is 0 Å². The minimum atomic E-state index is -1.12. The molecule has 5 aromatic rings. The molecule has 3 aliphatic rings. The van der Waals surface area contributed by atoms with Crippen LogP contribution in [0.1, 0.15) is 94.0 Å². The topological polar surface area (TPSA) is 150 Å². The SMILES string of the molecule is CCO[C@@H]1c2nc(cs2)-c2ccc3c(c2)c(c(-c2cccnc2[C@H](C)OC)n3CC)CC(C)(C)COC(=O)[C@@H]2CCCN(N2)C(=O)[C@H]1NC(=O)[C@@H]1C[C@@H]1c1ccccn1. The van der Waals surface area contributed by atoms with Crippen LogP contribution >= 0.6 is 11.3 Å². The molecule has 14 heteroatoms. The Morgan fingerprint density at radius 1 is 1.12 bits per heavy atom. The second-order valence-corrected chi connectivity index (χ2v) is 17.4. The Hall–Kier alpha value is -5.02. The minimum absolute atomic E-state index is 0.0324. The fourth-order valence-corrected chi connectivity index (χ4v) is 9.52. The molecule has 2 N–H and O–H groups in total. The van der Waals surface area contributed by atoms with Crippen LogP contribution in [-0.2, 0) is 41.6 Å². The Kier molecular flexibility index (Phi) is 11.7. The van der Waals surface area contributed by atoms with E-state index in [-0.39, 0.29) is 37.1 Å². The van der Waals surface area contributed by atoms with E-state index in [4.69, 9.17) is 24.2 Å². The van der Waals surface area contributed by atoms with E-state index in [0.717, 1.165) is 50.4 Å². The minimum Gasteiger partial charge on any atom is -0.464 e. The summed E-state index contributed by atoms with van der Waals surface area (Å²) in [5.41, 5.74) is 10.2. The van der Waals surface area contributed by atoms with Crippen LogP contribution in [0, 0.1) is 11.3 Å². The van der Waals surface area contributed by atoms with Crippen molar-refractivity contribution in [1.82, 2.24) is 35.3 Å². The lowest BCUT2D eigenvalue weighted by molar-refractivity contribution is -0.156. The van der Waals surface area contributed by atoms with Crippen molar-refractivity contribution in [1.29, 1.82) is 0 Å². The molecule has 6 bridgehead atoms. The van der Waals surface area contributed by atoms with Crippen LogP contribution in [0.2, 0.25) is 0 Å². The third-order valence-corrected chi connectivity index (χ3v) is 12.7. The molecule has 1 aromatic carbocycles. The molecule has 13 nitrogen and oxygen atoms in total. The first-order valence-corrected chi connectivity index (χ1v) is 21.6. The van der Waals surface area contributed by atoms with Gasteiger partial charge in [0.15, 0.2) is 0 Å². The van der Waals surface area contributed by atoms with Crippen molar-refractivity contribution in [2.45, 2.75) is 97.1 Å². The quantitative estimate of drug-likeness (QED) is 0.150. The maximum Gasteiger partial charge on any atom is 0.324 e. The van der Waals surface area contributed by atoms with Crippen LogP contribution in [0.25, 0.3) is 33.4 Å². The van der Waals surface area contributed by atoms with Crippen LogP contribution in [0.15, 0.2) is 66.3 Å². The maximum atomic E-state index is 14.7. The van der Waals surface area contributed by atoms with Gasteiger partial charge in [-0.05, 0) is 88.4 Å². The van der Waals surface area contributed by atoms with Gasteiger partial charge in [0.1, 0.15) is 23.2 Å². The molecule has 0 spiro atoms. The van der Waals surface area contributed by atoms with Crippen molar-refractivity contribution >= 4 is 40.0 Å². The average molecular weight is 820 g/mol. The highest BCUT2D eigenvalue weighted by atomic mass is 32.1. The number of hydrazine groups is 1. The summed E-state index contributed by atoms with van der Waals surface area (Å²) in [6.07, 6.45) is 4.69. The summed E-state index contributed by atoms with van der Waals surface area (Å²) < 4.78 is 20.6. The van der Waals surface area contributed by atoms with Gasteiger partial charge in [-0.3, -0.25) is 29.4 Å². The number of carbonyl (C=O) groups excluding carboxylic acids is 3. The molecule has 1 saturated carbocycles. The van der Waals surface area contributed by atoms with E-state index in [2.05, 4.69) is 65.3 Å². The summed E-state index contributed by atoms with van der Waals surface area (Å²) in [7, 11) is 1.69. The lowest BCUT2D eigenvalue weighted by Gasteiger charge is -2.37. The fourth-order valence-electron chi connectivity index (χ4n) is 8.61. The summed E-state index contributed by atoms with van der Waals surface area (Å²) in [6, 6.07) is 14.3. The average Bonchev–Trinajstić information content (AvgIpc) is 3.82. The third-order valence-electron chi connectivity index (χ3n) is 11.8. The number of benzene rings is 1. The molecule has 6 atom stereocenters. The van der Waals surface area contributed by atoms with Gasteiger partial charge >= 0.3 is 5.97 Å². The normalized spacial score (nSPS) is 23.7. The van der Waals surface area contributed by atoms with Crippen molar-refractivity contribution in [3.05, 3.63) is 88.3 Å². The monoisotopic (exact) mass is 819 g/mol. The van der Waals surface area contributed by atoms with E-state index in [1.54, 1.807) is 19.5 Å². The summed E-state index contributed by atoms with van der Waals surface area (Å²) in [5.74, 6) is -1.44. The number of aromatic nitrogens is 4. The highest BCUT2D eigenvalue weighted by Crippen LogP contribution is 2.47. The first-order chi connectivity index (χ1) is 28.5. The number of esters is 1. The Morgan fingerprint density at radius 3 is 2.71 bits per heavy atom. The third kappa shape index (κ3) is 8.15. The largest absolute Gasteiger partial charge is 0.464 e. The van der Waals surface area contributed by atoms with Gasteiger partial charge in [-0.15, -0.1) is 11.3 Å². The summed E-state index contributed by atoms with van der Waals surface area (Å²) in [4.78, 5) is 56.9. The van der Waals surface area contributed by atoms with Crippen molar-refractivity contribution in [3.63, 3.8) is 0 Å². The molecule has 1 aliphatic carbocycles. The number of fused-ring (bicyclic) bond motifs is 6. The predicted octanol–water partition coefficient (Wildman–Crippen LogP) is 6.94. The number of nitrogens with one attached hydrogen (secondary N) is 2. The molecule has 6 heterocycles. The summed E-state index contributed by atoms with van der Waals surface area (Å²) >= 11 is 1.40. The number of aryl methyl sites for hydroxylation is 1. The number of nitrogens with zero attached hydrogens (tertiary/aromatic N) is 5. The summed E-state index contributed by atoms with van der Waals surface area (Å²) in [5, 5.41) is 8.15. The van der Waals surface area contributed by atoms with Gasteiger partial charge in [-0.25, -0.2) is 10.4 Å². The molecule has 0 radical (unpaired) electrons. The van der Waals surface area contributed by atoms with Gasteiger partial charge in [0.25, 0.3) is 5.91 Å². The second-order valence-electron chi connectivity index (χ2n) is 16.5. The molecular formula is C45H53N7O6S. The number of rotatable bonds is 9. The lowest BCUT2D eigenvalue weighted by Crippen LogP contribution is -2.61. The molecule has 4 aromatic heterocycles. The Balaban J connectivity index is 1.24. The highest BCUT2D eigenvalue weighted by Gasteiger charge is 2.48. The highest BCUT2D eigenvalue weighted by molar-refractivity contribution is 7.10. The first kappa shape index (κ1) is 40.7. The zero-order chi connectivity index (χ0) is 41.4. The predicted molar refractivity (Wildman–Crippen MR) is 225 cm³/mol. The molecule has 310 valence electrons. The second kappa shape index (κ2) is 16.9. The number of methoxy groups -OCH3 is 1. The van der Waals surface area contributed by atoms with Gasteiger partial charge in [0.2, 0.25) is 5.91 Å². The number of pyridine rings is 2. The van der Waals surface area contributed by atoms with Gasteiger partial charge in [0.05, 0.1) is 29.8 Å². The zero-order valence-electron chi connectivity index (χ0n) is 34.6. The van der Waals surface area contributed by atoms with E-state index in [1.165, 1.54) is 16.3 Å². The summed E-state index contributed by atoms with van der Waals surface area (Å²) in [6.45, 7) is 11.7. The number of amides is 2. The van der Waals surface area contributed by atoms with Gasteiger partial charge in [-0.2, -0.15) is 0 Å². The first-order valence-electron chi connectivity index (χ1n) is 20.7. The zero-order valence-corrected chi connectivity index (χ0v) is 35.4. The molecule has 0 unspecified atom stereocenters. The molecule has 2 amide bonds. The molecule has 59 heavy (non-hydrogen) atoms. The smallest absolute Gasteiger partial charge is 0.324 e. The van der Waals surface area contributed by atoms with Crippen LogP contribution in [0.4, 0.5) is 0 Å². The van der Waals surface area contributed by atoms with E-state index >= 15 is 0 Å². The van der Waals surface area contributed by atoms with E-state index in [0.29, 0.717) is 43.8 Å². The van der Waals surface area contributed by atoms with E-state index < -0.39 is 35.5 Å². The Labute approximate surface area is 348 Å². The van der Waals surface area contributed by atoms with E-state index in [1.807, 2.05) is 43.5 Å². The molecule has 8 rings (SSSR count). The number of thiazole rings is 1. The number of carbonyl (C=O) groups is 3. The standard InChI is InChI=1S/C45H53N7O6S/c1-7-51-36-17-16-27-21-30(36)32(39(51)28-13-11-19-47-37(28)26(3)56-6)23-45(4,5)25-58-44(55)34-15-12-20-52(50-34)43(54)38(40(57-8-2)42-48-35(27)24-59-42)49-41(53)31-22-29(31)33-14-9-10-18-46-33/h9-11,13-14,16-19,21,24,26,29,31,34,38,40,50H,7-8,12,15,20,22-23,25H2,1-6H3,(H,49,53)/t26-,29-,31+,34-,38-,40-/m0/s1. The van der Waals surface area contributed by atoms with Crippen molar-refractivity contribution in [3.8, 4) is 22.5 Å².